The molecular formula is C7H6N4O3. The van der Waals surface area contributed by atoms with E-state index in [0.29, 0.717) is 11.4 Å². The van der Waals surface area contributed by atoms with Crippen LogP contribution in [0.3, 0.4) is 0 Å². The third kappa shape index (κ3) is 1.47. The Kier molecular flexibility index (Phi) is 1.98. The fourth-order valence-corrected chi connectivity index (χ4v) is 1.04. The number of aliphatic carboxylic acids is 1. The van der Waals surface area contributed by atoms with Gasteiger partial charge >= 0.3 is 5.97 Å². The third-order valence-electron chi connectivity index (χ3n) is 1.60. The van der Waals surface area contributed by atoms with Crippen molar-refractivity contribution in [2.24, 2.45) is 0 Å². The van der Waals surface area contributed by atoms with Crippen LogP contribution in [0.2, 0.25) is 0 Å². The zero-order valence-corrected chi connectivity index (χ0v) is 6.99. The molecule has 7 heteroatoms. The maximum Gasteiger partial charge on any atom is 0.325 e. The van der Waals surface area contributed by atoms with Gasteiger partial charge < -0.3 is 9.52 Å². The summed E-state index contributed by atoms with van der Waals surface area (Å²) in [5.41, 5.74) is 0.649. The van der Waals surface area contributed by atoms with Gasteiger partial charge in [-0.15, -0.1) is 5.10 Å². The summed E-state index contributed by atoms with van der Waals surface area (Å²) in [6.45, 7) is -0.270. The van der Waals surface area contributed by atoms with Crippen LogP contribution in [-0.2, 0) is 11.3 Å². The number of hydrogen-bond donors (Lipinski definition) is 1. The number of nitrogens with zero attached hydrogens (tertiary/aromatic N) is 4. The van der Waals surface area contributed by atoms with Crippen molar-refractivity contribution < 1.29 is 14.3 Å². The van der Waals surface area contributed by atoms with Crippen LogP contribution in [-0.4, -0.2) is 31.3 Å². The standard InChI is InChI=1S/C7H6N4O3/c12-6(13)3-11-7(8-9-10-11)5-1-2-14-4-5/h1-2,4H,3H2,(H,12,13). The van der Waals surface area contributed by atoms with Gasteiger partial charge in [-0.2, -0.15) is 0 Å². The fourth-order valence-electron chi connectivity index (χ4n) is 1.04. The summed E-state index contributed by atoms with van der Waals surface area (Å²) in [7, 11) is 0. The predicted octanol–water partition coefficient (Wildman–Crippen LogP) is 0.0177. The van der Waals surface area contributed by atoms with Gasteiger partial charge in [-0.1, -0.05) is 0 Å². The summed E-state index contributed by atoms with van der Waals surface area (Å²) >= 11 is 0. The van der Waals surface area contributed by atoms with E-state index < -0.39 is 5.97 Å². The van der Waals surface area contributed by atoms with E-state index in [9.17, 15) is 4.79 Å². The molecule has 7 nitrogen and oxygen atoms in total. The second-order valence-corrected chi connectivity index (χ2v) is 2.57. The van der Waals surface area contributed by atoms with E-state index in [-0.39, 0.29) is 6.54 Å². The molecule has 0 fully saturated rings. The zero-order valence-electron chi connectivity index (χ0n) is 6.99. The summed E-state index contributed by atoms with van der Waals surface area (Å²) in [6, 6.07) is 1.66. The molecule has 0 aliphatic rings. The maximum absolute atomic E-state index is 10.4. The maximum atomic E-state index is 10.4. The lowest BCUT2D eigenvalue weighted by Crippen LogP contribution is -2.11. The van der Waals surface area contributed by atoms with Crippen molar-refractivity contribution >= 4 is 5.97 Å². The molecule has 0 bridgehead atoms. The van der Waals surface area contributed by atoms with E-state index in [4.69, 9.17) is 9.52 Å². The highest BCUT2D eigenvalue weighted by Crippen LogP contribution is 2.15. The van der Waals surface area contributed by atoms with E-state index in [1.807, 2.05) is 0 Å². The molecule has 0 amide bonds. The lowest BCUT2D eigenvalue weighted by atomic mass is 10.3. The molecule has 0 radical (unpaired) electrons. The first-order chi connectivity index (χ1) is 6.77. The topological polar surface area (TPSA) is 94.0 Å². The molecule has 2 aromatic heterocycles. The Morgan fingerprint density at radius 1 is 1.64 bits per heavy atom. The number of hydrogen-bond acceptors (Lipinski definition) is 5. The minimum Gasteiger partial charge on any atom is -0.480 e. The van der Waals surface area contributed by atoms with E-state index in [1.165, 1.54) is 17.2 Å². The first kappa shape index (κ1) is 8.42. The van der Waals surface area contributed by atoms with Crippen molar-refractivity contribution in [3.63, 3.8) is 0 Å². The van der Waals surface area contributed by atoms with Crippen molar-refractivity contribution in [2.75, 3.05) is 0 Å². The number of carbonyl (C=O) groups is 1. The van der Waals surface area contributed by atoms with Crippen molar-refractivity contribution in [3.8, 4) is 11.4 Å². The lowest BCUT2D eigenvalue weighted by Gasteiger charge is -1.97. The van der Waals surface area contributed by atoms with Gasteiger partial charge in [-0.3, -0.25) is 4.79 Å². The van der Waals surface area contributed by atoms with Crippen LogP contribution >= 0.6 is 0 Å². The average Bonchev–Trinajstić information content (AvgIpc) is 2.70. The third-order valence-corrected chi connectivity index (χ3v) is 1.60. The SMILES string of the molecule is O=C(O)Cn1nnnc1-c1ccoc1. The van der Waals surface area contributed by atoms with E-state index in [0.717, 1.165) is 0 Å². The molecule has 0 saturated carbocycles. The van der Waals surface area contributed by atoms with Gasteiger partial charge in [0, 0.05) is 0 Å². The van der Waals surface area contributed by atoms with Crippen LogP contribution in [0.4, 0.5) is 0 Å². The lowest BCUT2D eigenvalue weighted by molar-refractivity contribution is -0.137. The molecule has 0 saturated heterocycles. The molecule has 0 spiro atoms. The number of rotatable bonds is 3. The molecular weight excluding hydrogens is 188 g/mol. The van der Waals surface area contributed by atoms with Gasteiger partial charge in [0.05, 0.1) is 11.8 Å². The Bertz CT molecular complexity index is 433. The van der Waals surface area contributed by atoms with Gasteiger partial charge in [0.25, 0.3) is 0 Å². The highest BCUT2D eigenvalue weighted by Gasteiger charge is 2.11. The highest BCUT2D eigenvalue weighted by molar-refractivity contribution is 5.67. The first-order valence-corrected chi connectivity index (χ1v) is 3.78. The van der Waals surface area contributed by atoms with E-state index >= 15 is 0 Å². The number of carboxylic acids is 1. The van der Waals surface area contributed by atoms with Crippen LogP contribution in [0, 0.1) is 0 Å². The quantitative estimate of drug-likeness (QED) is 0.740. The second kappa shape index (κ2) is 3.29. The molecule has 72 valence electrons. The smallest absolute Gasteiger partial charge is 0.325 e. The van der Waals surface area contributed by atoms with Gasteiger partial charge in [0.1, 0.15) is 12.8 Å². The van der Waals surface area contributed by atoms with E-state index in [2.05, 4.69) is 15.5 Å². The number of tetrazole rings is 1. The van der Waals surface area contributed by atoms with Crippen LogP contribution in [0.1, 0.15) is 0 Å². The Morgan fingerprint density at radius 2 is 2.50 bits per heavy atom. The molecule has 14 heavy (non-hydrogen) atoms. The molecule has 2 heterocycles. The van der Waals surface area contributed by atoms with Gasteiger partial charge in [-0.05, 0) is 16.5 Å². The van der Waals surface area contributed by atoms with Crippen molar-refractivity contribution in [1.82, 2.24) is 20.2 Å². The largest absolute Gasteiger partial charge is 0.480 e. The second-order valence-electron chi connectivity index (χ2n) is 2.57. The Balaban J connectivity index is 2.35. The van der Waals surface area contributed by atoms with Crippen LogP contribution in [0.5, 0.6) is 0 Å². The number of furan rings is 1. The number of carboxylic acid groups (broad SMARTS) is 1. The first-order valence-electron chi connectivity index (χ1n) is 3.78. The summed E-state index contributed by atoms with van der Waals surface area (Å²) in [5.74, 6) is -0.622. The minimum atomic E-state index is -0.998. The molecule has 0 atom stereocenters. The van der Waals surface area contributed by atoms with Crippen LogP contribution in [0.15, 0.2) is 23.0 Å². The minimum absolute atomic E-state index is 0.270. The monoisotopic (exact) mass is 194 g/mol. The zero-order chi connectivity index (χ0) is 9.97. The molecule has 2 aromatic rings. The molecule has 0 unspecified atom stereocenters. The normalized spacial score (nSPS) is 10.3. The summed E-state index contributed by atoms with van der Waals surface area (Å²) in [6.07, 6.45) is 2.92. The molecule has 0 aliphatic carbocycles. The van der Waals surface area contributed by atoms with Crippen molar-refractivity contribution in [3.05, 3.63) is 18.6 Å². The van der Waals surface area contributed by atoms with Crippen LogP contribution < -0.4 is 0 Å². The Morgan fingerprint density at radius 3 is 3.14 bits per heavy atom. The number of aromatic nitrogens is 4. The highest BCUT2D eigenvalue weighted by atomic mass is 16.4. The Hall–Kier alpha value is -2.18. The Labute approximate surface area is 78.0 Å². The molecule has 1 N–H and O–H groups in total. The molecule has 0 aromatic carbocycles. The summed E-state index contributed by atoms with van der Waals surface area (Å²) in [4.78, 5) is 10.4. The fraction of sp³-hybridized carbons (Fsp3) is 0.143. The summed E-state index contributed by atoms with van der Waals surface area (Å²) in [5, 5.41) is 19.2. The van der Waals surface area contributed by atoms with Crippen LogP contribution in [0.25, 0.3) is 11.4 Å². The van der Waals surface area contributed by atoms with Gasteiger partial charge in [-0.25, -0.2) is 4.68 Å². The van der Waals surface area contributed by atoms with Crippen molar-refractivity contribution in [2.45, 2.75) is 6.54 Å². The molecule has 0 aliphatic heterocycles. The van der Waals surface area contributed by atoms with Gasteiger partial charge in [0.2, 0.25) is 0 Å². The van der Waals surface area contributed by atoms with Crippen molar-refractivity contribution in [1.29, 1.82) is 0 Å². The predicted molar refractivity (Wildman–Crippen MR) is 43.2 cm³/mol. The van der Waals surface area contributed by atoms with E-state index in [1.54, 1.807) is 6.07 Å². The average molecular weight is 194 g/mol. The summed E-state index contributed by atoms with van der Waals surface area (Å²) < 4.78 is 6.03. The molecule has 2 rings (SSSR count). The van der Waals surface area contributed by atoms with Gasteiger partial charge in [0.15, 0.2) is 5.82 Å².